The van der Waals surface area contributed by atoms with Gasteiger partial charge < -0.3 is 19.0 Å². The molecule has 2 N–H and O–H groups in total. The third kappa shape index (κ3) is 7.24. The molecule has 8 nitrogen and oxygen atoms in total. The number of rotatable bonds is 8. The monoisotopic (exact) mass is 830 g/mol. The van der Waals surface area contributed by atoms with Crippen LogP contribution in [-0.2, 0) is 0 Å². The minimum absolute atomic E-state index is 0.228. The molecule has 0 bridgehead atoms. The highest BCUT2D eigenvalue weighted by molar-refractivity contribution is 5.84. The lowest BCUT2D eigenvalue weighted by atomic mass is 9.75. The van der Waals surface area contributed by atoms with Gasteiger partial charge in [0.15, 0.2) is 0 Å². The lowest BCUT2D eigenvalue weighted by Gasteiger charge is -2.33. The summed E-state index contributed by atoms with van der Waals surface area (Å²) < 4.78 is 32.6. The maximum atomic E-state index is 14.2. The summed E-state index contributed by atoms with van der Waals surface area (Å²) >= 11 is 0. The summed E-state index contributed by atoms with van der Waals surface area (Å²) in [6.07, 6.45) is 22.5. The van der Waals surface area contributed by atoms with E-state index in [1.165, 1.54) is 60.1 Å². The van der Waals surface area contributed by atoms with Crippen molar-refractivity contribution in [1.29, 1.82) is 0 Å². The number of aliphatic hydroxyl groups excluding tert-OH is 2. The van der Waals surface area contributed by atoms with Crippen molar-refractivity contribution in [1.82, 2.24) is 28.7 Å². The smallest absolute Gasteiger partial charge is 0.149 e. The SMILES string of the molecule is O[C@@H](c1c(C2CC2)ccc2cncn12)C1CCC(c2ccnc3c(F)cccc23)CC1.O[C@H](c1c(C2CC2)ccc2cncn12)C1CCC(c2ccnc3c(F)cccc23)CC1. The van der Waals surface area contributed by atoms with Crippen LogP contribution in [0.5, 0.6) is 0 Å². The fourth-order valence-electron chi connectivity index (χ4n) is 11.1. The highest BCUT2D eigenvalue weighted by Gasteiger charge is 2.37. The number of fused-ring (bicyclic) bond motifs is 4. The average Bonchev–Trinajstić information content (AvgIpc) is 4.25. The molecule has 316 valence electrons. The molecule has 0 radical (unpaired) electrons. The van der Waals surface area contributed by atoms with E-state index in [0.29, 0.717) is 34.7 Å². The molecule has 0 spiro atoms. The lowest BCUT2D eigenvalue weighted by molar-refractivity contribution is 0.0754. The van der Waals surface area contributed by atoms with Gasteiger partial charge in [0.2, 0.25) is 0 Å². The summed E-state index contributed by atoms with van der Waals surface area (Å²) in [4.78, 5) is 17.1. The molecule has 0 unspecified atom stereocenters. The minimum Gasteiger partial charge on any atom is -0.387 e. The molecular formula is C52H52F2N6O2. The number of aromatic nitrogens is 6. The zero-order valence-electron chi connectivity index (χ0n) is 34.8. The first kappa shape index (κ1) is 39.3. The van der Waals surface area contributed by atoms with Crippen LogP contribution in [0.4, 0.5) is 8.78 Å². The number of benzene rings is 2. The van der Waals surface area contributed by atoms with Crippen LogP contribution in [0.1, 0.15) is 147 Å². The van der Waals surface area contributed by atoms with Crippen LogP contribution in [-0.4, -0.2) is 39.0 Å². The van der Waals surface area contributed by atoms with Gasteiger partial charge in [-0.1, -0.05) is 36.4 Å². The Morgan fingerprint density at radius 2 is 0.855 bits per heavy atom. The standard InChI is InChI=1S/2C26H26FN3O/c2*27-23-3-1-2-22-20(12-13-29-24(22)23)16-6-8-18(9-7-16)26(31)25-21(17-4-5-17)11-10-19-14-28-15-30(19)25/h2*1-3,10-18,26,31H,4-9H2/t2*16?,18?,26-/m10/s1. The number of hydrogen-bond donors (Lipinski definition) is 2. The van der Waals surface area contributed by atoms with Crippen LogP contribution in [0.2, 0.25) is 0 Å². The topological polar surface area (TPSA) is 101 Å². The Kier molecular flexibility index (Phi) is 10.3. The van der Waals surface area contributed by atoms with Crippen LogP contribution < -0.4 is 0 Å². The van der Waals surface area contributed by atoms with Crippen molar-refractivity contribution in [3.8, 4) is 0 Å². The number of aliphatic hydroxyl groups is 2. The summed E-state index contributed by atoms with van der Waals surface area (Å²) in [5.41, 5.74) is 10.0. The third-order valence-corrected chi connectivity index (χ3v) is 14.7. The van der Waals surface area contributed by atoms with Gasteiger partial charge in [-0.15, -0.1) is 0 Å². The van der Waals surface area contributed by atoms with Crippen molar-refractivity contribution in [3.63, 3.8) is 0 Å². The number of nitrogens with zero attached hydrogens (tertiary/aromatic N) is 6. The van der Waals surface area contributed by atoms with Crippen molar-refractivity contribution in [2.75, 3.05) is 0 Å². The Hall–Kier alpha value is -5.58. The number of imidazole rings is 2. The van der Waals surface area contributed by atoms with E-state index in [-0.39, 0.29) is 23.5 Å². The molecule has 4 fully saturated rings. The van der Waals surface area contributed by atoms with E-state index < -0.39 is 12.2 Å². The van der Waals surface area contributed by atoms with Gasteiger partial charge in [0, 0.05) is 23.2 Å². The third-order valence-electron chi connectivity index (χ3n) is 14.7. The first-order valence-electron chi connectivity index (χ1n) is 22.7. The van der Waals surface area contributed by atoms with Crippen molar-refractivity contribution < 1.29 is 19.0 Å². The molecule has 4 aliphatic rings. The predicted molar refractivity (Wildman–Crippen MR) is 237 cm³/mol. The number of pyridine rings is 4. The summed E-state index contributed by atoms with van der Waals surface area (Å²) in [5.74, 6) is 1.84. The van der Waals surface area contributed by atoms with Crippen molar-refractivity contribution in [2.24, 2.45) is 11.8 Å². The first-order valence-corrected chi connectivity index (χ1v) is 22.7. The lowest BCUT2D eigenvalue weighted by Crippen LogP contribution is -2.22. The van der Waals surface area contributed by atoms with E-state index in [2.05, 4.69) is 53.0 Å². The van der Waals surface area contributed by atoms with Gasteiger partial charge >= 0.3 is 0 Å². The fraction of sp³-hybridized carbons (Fsp3) is 0.385. The molecule has 4 saturated carbocycles. The van der Waals surface area contributed by atoms with Gasteiger partial charge in [-0.3, -0.25) is 9.97 Å². The Labute approximate surface area is 359 Å². The van der Waals surface area contributed by atoms with Gasteiger partial charge in [-0.05, 0) is 171 Å². The number of halogens is 2. The van der Waals surface area contributed by atoms with Crippen molar-refractivity contribution >= 4 is 32.8 Å². The summed E-state index contributed by atoms with van der Waals surface area (Å²) in [5, 5.41) is 24.8. The van der Waals surface area contributed by atoms with E-state index in [1.54, 1.807) is 24.5 Å². The van der Waals surface area contributed by atoms with E-state index in [1.807, 2.05) is 49.3 Å². The quantitative estimate of drug-likeness (QED) is 0.158. The normalized spacial score (nSPS) is 22.8. The predicted octanol–water partition coefficient (Wildman–Crippen LogP) is 11.8. The largest absolute Gasteiger partial charge is 0.387 e. The maximum absolute atomic E-state index is 14.2. The number of para-hydroxylation sites is 2. The Morgan fingerprint density at radius 3 is 1.26 bits per heavy atom. The Bertz CT molecular complexity index is 2710. The average molecular weight is 831 g/mol. The highest BCUT2D eigenvalue weighted by atomic mass is 19.1. The van der Waals surface area contributed by atoms with Crippen LogP contribution in [0.3, 0.4) is 0 Å². The zero-order chi connectivity index (χ0) is 41.9. The first-order chi connectivity index (χ1) is 30.4. The number of hydrogen-bond acceptors (Lipinski definition) is 6. The van der Waals surface area contributed by atoms with Crippen LogP contribution in [0, 0.1) is 23.5 Å². The molecule has 6 heterocycles. The van der Waals surface area contributed by atoms with E-state index in [0.717, 1.165) is 84.6 Å². The molecule has 10 heteroatoms. The van der Waals surface area contributed by atoms with Gasteiger partial charge in [-0.25, -0.2) is 18.7 Å². The molecule has 4 aliphatic carbocycles. The maximum Gasteiger partial charge on any atom is 0.149 e. The van der Waals surface area contributed by atoms with Crippen molar-refractivity contribution in [2.45, 2.75) is 113 Å². The van der Waals surface area contributed by atoms with Gasteiger partial charge in [-0.2, -0.15) is 0 Å². The molecule has 0 saturated heterocycles. The molecule has 2 aromatic carbocycles. The second-order valence-corrected chi connectivity index (χ2v) is 18.5. The summed E-state index contributed by atoms with van der Waals surface area (Å²) in [6.45, 7) is 0. The minimum atomic E-state index is -0.485. The molecule has 6 aromatic heterocycles. The summed E-state index contributed by atoms with van der Waals surface area (Å²) in [7, 11) is 0. The summed E-state index contributed by atoms with van der Waals surface area (Å²) in [6, 6.07) is 23.1. The molecular weight excluding hydrogens is 779 g/mol. The highest BCUT2D eigenvalue weighted by Crippen LogP contribution is 2.49. The van der Waals surface area contributed by atoms with Crippen LogP contribution in [0.15, 0.2) is 110 Å². The second kappa shape index (κ2) is 16.3. The van der Waals surface area contributed by atoms with Gasteiger partial charge in [0.05, 0.1) is 59.7 Å². The van der Waals surface area contributed by atoms with Gasteiger partial charge in [0.1, 0.15) is 22.7 Å². The fourth-order valence-corrected chi connectivity index (χ4v) is 11.1. The molecule has 8 aromatic rings. The molecule has 0 amide bonds. The zero-order valence-corrected chi connectivity index (χ0v) is 34.8. The molecule has 12 rings (SSSR count). The molecule has 62 heavy (non-hydrogen) atoms. The Balaban J connectivity index is 0.000000139. The second-order valence-electron chi connectivity index (χ2n) is 18.5. The van der Waals surface area contributed by atoms with Gasteiger partial charge in [0.25, 0.3) is 0 Å². The van der Waals surface area contributed by atoms with E-state index in [4.69, 9.17) is 0 Å². The molecule has 0 aliphatic heterocycles. The van der Waals surface area contributed by atoms with Crippen LogP contribution in [0.25, 0.3) is 32.8 Å². The van der Waals surface area contributed by atoms with E-state index >= 15 is 0 Å². The molecule has 2 atom stereocenters. The van der Waals surface area contributed by atoms with Crippen LogP contribution >= 0.6 is 0 Å². The van der Waals surface area contributed by atoms with Crippen molar-refractivity contribution in [3.05, 3.63) is 156 Å². The Morgan fingerprint density at radius 1 is 0.468 bits per heavy atom. The van der Waals surface area contributed by atoms with E-state index in [9.17, 15) is 19.0 Å².